The van der Waals surface area contributed by atoms with Crippen LogP contribution in [0.2, 0.25) is 0 Å². The molecule has 0 fully saturated rings. The third kappa shape index (κ3) is 3.99. The Balaban J connectivity index is 1.55. The van der Waals surface area contributed by atoms with Gasteiger partial charge in [-0.05, 0) is 29.8 Å². The molecule has 0 bridgehead atoms. The van der Waals surface area contributed by atoms with E-state index in [4.69, 9.17) is 21.2 Å². The maximum absolute atomic E-state index is 11.4. The van der Waals surface area contributed by atoms with E-state index >= 15 is 0 Å². The third-order valence-corrected chi connectivity index (χ3v) is 5.37. The molecule has 2 aromatic heterocycles. The Morgan fingerprint density at radius 3 is 2.48 bits per heavy atom. The van der Waals surface area contributed by atoms with Crippen molar-refractivity contribution in [2.75, 3.05) is 5.73 Å². The Hall–Kier alpha value is -4.65. The molecule has 1 amide bonds. The van der Waals surface area contributed by atoms with Crippen LogP contribution in [0.25, 0.3) is 28.2 Å². The maximum Gasteiger partial charge on any atom is 0.248 e. The minimum absolute atomic E-state index is 0.371. The lowest BCUT2D eigenvalue weighted by Gasteiger charge is -2.08. The summed E-state index contributed by atoms with van der Waals surface area (Å²) >= 11 is 0. The number of ether oxygens (including phenoxy) is 1. The zero-order valence-corrected chi connectivity index (χ0v) is 17.7. The van der Waals surface area contributed by atoms with Crippen molar-refractivity contribution in [3.63, 3.8) is 0 Å². The van der Waals surface area contributed by atoms with E-state index in [9.17, 15) is 4.79 Å². The monoisotopic (exact) mass is 435 g/mol. The highest BCUT2D eigenvalue weighted by molar-refractivity contribution is 5.93. The number of rotatable bonds is 6. The molecule has 0 saturated heterocycles. The van der Waals surface area contributed by atoms with Crippen molar-refractivity contribution in [3.8, 4) is 28.4 Å². The molecule has 7 nitrogen and oxygen atoms in total. The number of carbonyl (C=O) groups is 1. The molecule has 5 aromatic rings. The molecule has 0 atom stereocenters. The lowest BCUT2D eigenvalue weighted by atomic mass is 10.1. The fraction of sp³-hybridized carbons (Fsp3) is 0.0385. The van der Waals surface area contributed by atoms with Gasteiger partial charge in [0.15, 0.2) is 0 Å². The first-order chi connectivity index (χ1) is 16.1. The fourth-order valence-corrected chi connectivity index (χ4v) is 3.73. The van der Waals surface area contributed by atoms with Crippen molar-refractivity contribution in [1.29, 1.82) is 0 Å². The van der Waals surface area contributed by atoms with E-state index in [2.05, 4.69) is 4.98 Å². The number of nitrogens with two attached hydrogens (primary N) is 2. The van der Waals surface area contributed by atoms with Gasteiger partial charge in [0.1, 0.15) is 35.2 Å². The number of aromatic nitrogens is 3. The molecule has 0 radical (unpaired) electrons. The minimum Gasteiger partial charge on any atom is -0.489 e. The normalized spacial score (nSPS) is 10.9. The van der Waals surface area contributed by atoms with E-state index in [1.165, 1.54) is 0 Å². The summed E-state index contributed by atoms with van der Waals surface area (Å²) in [6.07, 6.45) is 3.45. The number of anilines is 1. The van der Waals surface area contributed by atoms with Gasteiger partial charge in [-0.25, -0.2) is 9.97 Å². The van der Waals surface area contributed by atoms with Crippen LogP contribution in [0.4, 0.5) is 5.82 Å². The molecule has 7 heteroatoms. The van der Waals surface area contributed by atoms with Crippen LogP contribution >= 0.6 is 0 Å². The van der Waals surface area contributed by atoms with Gasteiger partial charge in [-0.1, -0.05) is 54.6 Å². The third-order valence-electron chi connectivity index (χ3n) is 5.37. The zero-order valence-electron chi connectivity index (χ0n) is 17.7. The summed E-state index contributed by atoms with van der Waals surface area (Å²) in [6.45, 7) is 0.468. The van der Waals surface area contributed by atoms with Crippen molar-refractivity contribution >= 4 is 17.2 Å². The quantitative estimate of drug-likeness (QED) is 0.413. The largest absolute Gasteiger partial charge is 0.489 e. The van der Waals surface area contributed by atoms with Crippen molar-refractivity contribution in [2.24, 2.45) is 5.73 Å². The van der Waals surface area contributed by atoms with Gasteiger partial charge in [-0.3, -0.25) is 9.20 Å². The minimum atomic E-state index is -0.476. The number of hydrogen-bond acceptors (Lipinski definition) is 5. The number of carbonyl (C=O) groups excluding carboxylic acids is 1. The molecule has 162 valence electrons. The topological polar surface area (TPSA) is 109 Å². The van der Waals surface area contributed by atoms with Crippen molar-refractivity contribution in [3.05, 3.63) is 102 Å². The first kappa shape index (κ1) is 20.3. The second-order valence-corrected chi connectivity index (χ2v) is 7.56. The molecule has 0 saturated carbocycles. The van der Waals surface area contributed by atoms with Gasteiger partial charge >= 0.3 is 0 Å². The Morgan fingerprint density at radius 1 is 0.939 bits per heavy atom. The first-order valence-electron chi connectivity index (χ1n) is 10.4. The highest BCUT2D eigenvalue weighted by atomic mass is 16.5. The highest BCUT2D eigenvalue weighted by Crippen LogP contribution is 2.33. The van der Waals surface area contributed by atoms with Crippen LogP contribution in [-0.2, 0) is 6.61 Å². The lowest BCUT2D eigenvalue weighted by Crippen LogP contribution is -2.10. The van der Waals surface area contributed by atoms with E-state index in [1.807, 2.05) is 77.3 Å². The van der Waals surface area contributed by atoms with E-state index in [0.717, 1.165) is 22.4 Å². The van der Waals surface area contributed by atoms with Gasteiger partial charge in [0, 0.05) is 29.1 Å². The second kappa shape index (κ2) is 8.47. The summed E-state index contributed by atoms with van der Waals surface area (Å²) in [5.74, 6) is 1.31. The SMILES string of the molecule is NC(=O)c1ccc(-c2nc(-c3cccc(OCc4ccccc4)c3)c3c(N)nccn23)cc1. The highest BCUT2D eigenvalue weighted by Gasteiger charge is 2.18. The Morgan fingerprint density at radius 2 is 1.73 bits per heavy atom. The summed E-state index contributed by atoms with van der Waals surface area (Å²) in [7, 11) is 0. The van der Waals surface area contributed by atoms with Crippen LogP contribution in [0.1, 0.15) is 15.9 Å². The average molecular weight is 435 g/mol. The molecule has 4 N–H and O–H groups in total. The van der Waals surface area contributed by atoms with Crippen LogP contribution < -0.4 is 16.2 Å². The summed E-state index contributed by atoms with van der Waals surface area (Å²) < 4.78 is 7.90. The first-order valence-corrected chi connectivity index (χ1v) is 10.4. The van der Waals surface area contributed by atoms with E-state index < -0.39 is 5.91 Å². The van der Waals surface area contributed by atoms with Gasteiger partial charge in [-0.2, -0.15) is 0 Å². The smallest absolute Gasteiger partial charge is 0.248 e. The molecule has 0 aliphatic rings. The number of nitrogens with zero attached hydrogens (tertiary/aromatic N) is 3. The van der Waals surface area contributed by atoms with Crippen LogP contribution in [0.3, 0.4) is 0 Å². The van der Waals surface area contributed by atoms with Crippen LogP contribution in [0.15, 0.2) is 91.3 Å². The Labute approximate surface area is 190 Å². The van der Waals surface area contributed by atoms with Gasteiger partial charge in [0.2, 0.25) is 5.91 Å². The van der Waals surface area contributed by atoms with E-state index in [0.29, 0.717) is 35.0 Å². The average Bonchev–Trinajstić information content (AvgIpc) is 3.25. The Bertz CT molecular complexity index is 1440. The number of fused-ring (bicyclic) bond motifs is 1. The molecule has 0 aliphatic carbocycles. The van der Waals surface area contributed by atoms with Crippen molar-refractivity contribution < 1.29 is 9.53 Å². The molecule has 3 aromatic carbocycles. The molecular weight excluding hydrogens is 414 g/mol. The standard InChI is InChI=1S/C26H21N5O2/c27-24-23-22(20-7-4-8-21(15-20)33-16-17-5-2-1-3-6-17)30-26(31(23)14-13-29-24)19-11-9-18(10-12-19)25(28)32/h1-15H,16H2,(H2,27,29)(H2,28,32). The number of hydrogen-bond donors (Lipinski definition) is 2. The van der Waals surface area contributed by atoms with Gasteiger partial charge < -0.3 is 16.2 Å². The fourth-order valence-electron chi connectivity index (χ4n) is 3.73. The molecular formula is C26H21N5O2. The van der Waals surface area contributed by atoms with Gasteiger partial charge in [-0.15, -0.1) is 0 Å². The Kier molecular flexibility index (Phi) is 5.20. The van der Waals surface area contributed by atoms with Gasteiger partial charge in [0.05, 0.1) is 0 Å². The number of nitrogen functional groups attached to an aromatic ring is 1. The summed E-state index contributed by atoms with van der Waals surface area (Å²) in [4.78, 5) is 20.6. The molecule has 0 aliphatic heterocycles. The molecule has 2 heterocycles. The summed E-state index contributed by atoms with van der Waals surface area (Å²) in [5, 5.41) is 0. The van der Waals surface area contributed by atoms with Crippen LogP contribution in [0.5, 0.6) is 5.75 Å². The zero-order chi connectivity index (χ0) is 22.8. The lowest BCUT2D eigenvalue weighted by molar-refractivity contribution is 0.100. The number of benzene rings is 3. The molecule has 0 spiro atoms. The van der Waals surface area contributed by atoms with E-state index in [1.54, 1.807) is 18.3 Å². The van der Waals surface area contributed by atoms with E-state index in [-0.39, 0.29) is 0 Å². The molecule has 0 unspecified atom stereocenters. The van der Waals surface area contributed by atoms with Gasteiger partial charge in [0.25, 0.3) is 0 Å². The predicted molar refractivity (Wildman–Crippen MR) is 128 cm³/mol. The number of primary amides is 1. The molecule has 5 rings (SSSR count). The summed E-state index contributed by atoms with van der Waals surface area (Å²) in [6, 6.07) is 24.7. The molecule has 33 heavy (non-hydrogen) atoms. The number of amides is 1. The van der Waals surface area contributed by atoms with Crippen molar-refractivity contribution in [2.45, 2.75) is 6.61 Å². The number of imidazole rings is 1. The second-order valence-electron chi connectivity index (χ2n) is 7.56. The summed E-state index contributed by atoms with van der Waals surface area (Å²) in [5.41, 5.74) is 16.2. The van der Waals surface area contributed by atoms with Crippen LogP contribution in [0, 0.1) is 0 Å². The maximum atomic E-state index is 11.4. The van der Waals surface area contributed by atoms with Crippen LogP contribution in [-0.4, -0.2) is 20.3 Å². The predicted octanol–water partition coefficient (Wildman–Crippen LogP) is 4.32. The van der Waals surface area contributed by atoms with Crippen molar-refractivity contribution in [1.82, 2.24) is 14.4 Å².